The van der Waals surface area contributed by atoms with Crippen molar-refractivity contribution in [2.45, 2.75) is 0 Å². The number of fused-ring (bicyclic) bond motifs is 13. The molecule has 108 heavy (non-hydrogen) atoms. The summed E-state index contributed by atoms with van der Waals surface area (Å²) < 4.78 is 7.33. The van der Waals surface area contributed by atoms with Crippen LogP contribution in [0, 0.1) is 0 Å². The van der Waals surface area contributed by atoms with E-state index in [0.717, 1.165) is 134 Å². The third-order valence-electron chi connectivity index (χ3n) is 22.8. The molecule has 17 aromatic carbocycles. The highest BCUT2D eigenvalue weighted by molar-refractivity contribution is 7.00. The summed E-state index contributed by atoms with van der Waals surface area (Å²) in [5.41, 5.74) is 34.1. The van der Waals surface area contributed by atoms with Gasteiger partial charge in [-0.15, -0.1) is 0 Å². The fourth-order valence-corrected chi connectivity index (χ4v) is 18.1. The van der Waals surface area contributed by atoms with Gasteiger partial charge in [-0.05, 0) is 164 Å². The zero-order valence-corrected chi connectivity index (χ0v) is 58.9. The van der Waals surface area contributed by atoms with Crippen LogP contribution in [0.2, 0.25) is 0 Å². The Morgan fingerprint density at radius 3 is 0.935 bits per heavy atom. The molecule has 0 aliphatic carbocycles. The lowest BCUT2D eigenvalue weighted by atomic mass is 9.33. The summed E-state index contributed by atoms with van der Waals surface area (Å²) in [7, 11) is 0. The van der Waals surface area contributed by atoms with Gasteiger partial charge >= 0.3 is 0 Å². The summed E-state index contributed by atoms with van der Waals surface area (Å²) in [5.74, 6) is 0. The second-order valence-electron chi connectivity index (χ2n) is 28.6. The maximum absolute atomic E-state index is 2.70. The molecule has 0 atom stereocenters. The average molecular weight is 1370 g/mol. The number of para-hydroxylation sites is 8. The van der Waals surface area contributed by atoms with Crippen molar-refractivity contribution in [3.05, 3.63) is 400 Å². The van der Waals surface area contributed by atoms with E-state index in [-0.39, 0.29) is 6.71 Å². The molecule has 0 saturated carbocycles. The summed E-state index contributed by atoms with van der Waals surface area (Å²) in [4.78, 5) is 5.37. The molecule has 6 heteroatoms. The topological polar surface area (TPSA) is 21.3 Å². The van der Waals surface area contributed by atoms with Crippen molar-refractivity contribution in [2.24, 2.45) is 0 Å². The van der Waals surface area contributed by atoms with Crippen molar-refractivity contribution in [1.82, 2.24) is 13.7 Å². The molecule has 2 aliphatic rings. The largest absolute Gasteiger partial charge is 0.310 e. The SMILES string of the molecule is c1ccc(-c2cccc(-c3ccccc3)c2N2c3ccc(-c4ccc5c(c4)c4ccccc4n5-c4ccccc4)cc3B3c4ccc(-n5c6ccccc6c6ccccc65)cc4N(c4c(-c5ccccc5)cccc4-c4ccccc4)c4cc(-c5ccc6c(c5)c5ccccc5n6-c5ccccc5)cc2c43)cc1. The monoisotopic (exact) mass is 1370 g/mol. The van der Waals surface area contributed by atoms with E-state index in [1.54, 1.807) is 0 Å². The molecule has 0 radical (unpaired) electrons. The highest BCUT2D eigenvalue weighted by Gasteiger charge is 2.46. The number of anilines is 6. The molecule has 2 aliphatic heterocycles. The van der Waals surface area contributed by atoms with Crippen LogP contribution in [0.5, 0.6) is 0 Å². The quantitative estimate of drug-likeness (QED) is 0.120. The summed E-state index contributed by atoms with van der Waals surface area (Å²) in [5, 5.41) is 7.25. The first kappa shape index (κ1) is 61.3. The number of benzene rings is 17. The van der Waals surface area contributed by atoms with Crippen molar-refractivity contribution < 1.29 is 0 Å². The number of hydrogen-bond acceptors (Lipinski definition) is 2. The molecule has 0 N–H and O–H groups in total. The molecule has 3 aromatic heterocycles. The Morgan fingerprint density at radius 1 is 0.176 bits per heavy atom. The molecule has 0 unspecified atom stereocenters. The molecule has 0 spiro atoms. The Hall–Kier alpha value is -14.2. The minimum atomic E-state index is -0.295. The highest BCUT2D eigenvalue weighted by Crippen LogP contribution is 2.55. The van der Waals surface area contributed by atoms with Crippen LogP contribution in [0.1, 0.15) is 0 Å². The van der Waals surface area contributed by atoms with Crippen LogP contribution < -0.4 is 26.2 Å². The molecule has 20 aromatic rings. The number of hydrogen-bond donors (Lipinski definition) is 0. The molecular formula is C102H66BN5. The first-order chi connectivity index (χ1) is 53.6. The van der Waals surface area contributed by atoms with Crippen LogP contribution in [0.25, 0.3) is 149 Å². The van der Waals surface area contributed by atoms with Crippen LogP contribution in [-0.4, -0.2) is 20.4 Å². The van der Waals surface area contributed by atoms with E-state index in [9.17, 15) is 0 Å². The van der Waals surface area contributed by atoms with Crippen LogP contribution in [-0.2, 0) is 0 Å². The first-order valence-electron chi connectivity index (χ1n) is 37.3. The fraction of sp³-hybridized carbons (Fsp3) is 0. The summed E-state index contributed by atoms with van der Waals surface area (Å²) in [6.45, 7) is -0.295. The predicted octanol–water partition coefficient (Wildman–Crippen LogP) is 25.1. The third kappa shape index (κ3) is 9.53. The van der Waals surface area contributed by atoms with E-state index in [2.05, 4.69) is 424 Å². The summed E-state index contributed by atoms with van der Waals surface area (Å²) in [6.07, 6.45) is 0. The van der Waals surface area contributed by atoms with Crippen molar-refractivity contribution in [3.63, 3.8) is 0 Å². The minimum absolute atomic E-state index is 0.295. The average Bonchev–Trinajstić information content (AvgIpc) is 1.55. The summed E-state index contributed by atoms with van der Waals surface area (Å²) in [6, 6.07) is 150. The van der Waals surface area contributed by atoms with Gasteiger partial charge in [-0.25, -0.2) is 0 Å². The van der Waals surface area contributed by atoms with Gasteiger partial charge in [0, 0.05) is 94.4 Å². The van der Waals surface area contributed by atoms with E-state index < -0.39 is 0 Å². The van der Waals surface area contributed by atoms with Gasteiger partial charge in [0.25, 0.3) is 6.71 Å². The number of nitrogens with zero attached hydrogens (tertiary/aromatic N) is 5. The smallest absolute Gasteiger partial charge is 0.252 e. The van der Waals surface area contributed by atoms with Crippen LogP contribution >= 0.6 is 0 Å². The number of rotatable bonds is 11. The van der Waals surface area contributed by atoms with Gasteiger partial charge in [0.05, 0.1) is 44.5 Å². The van der Waals surface area contributed by atoms with E-state index in [1.807, 2.05) is 0 Å². The van der Waals surface area contributed by atoms with Crippen molar-refractivity contribution >= 4 is 123 Å². The minimum Gasteiger partial charge on any atom is -0.310 e. The Kier molecular flexibility index (Phi) is 14.0. The van der Waals surface area contributed by atoms with Crippen molar-refractivity contribution in [3.8, 4) is 83.8 Å². The first-order valence-corrected chi connectivity index (χ1v) is 37.3. The zero-order valence-electron chi connectivity index (χ0n) is 58.9. The van der Waals surface area contributed by atoms with Gasteiger partial charge in [-0.2, -0.15) is 0 Å². The molecule has 0 bridgehead atoms. The fourth-order valence-electron chi connectivity index (χ4n) is 18.1. The lowest BCUT2D eigenvalue weighted by molar-refractivity contribution is 1.17. The second kappa shape index (κ2) is 24.7. The molecule has 22 rings (SSSR count). The molecule has 5 heterocycles. The van der Waals surface area contributed by atoms with Gasteiger partial charge in [0.2, 0.25) is 0 Å². The second-order valence-corrected chi connectivity index (χ2v) is 28.6. The maximum Gasteiger partial charge on any atom is 0.252 e. The lowest BCUT2D eigenvalue weighted by Crippen LogP contribution is -2.61. The maximum atomic E-state index is 2.70. The molecule has 5 nitrogen and oxygen atoms in total. The Morgan fingerprint density at radius 2 is 0.509 bits per heavy atom. The normalized spacial score (nSPS) is 12.4. The molecule has 0 fully saturated rings. The lowest BCUT2D eigenvalue weighted by Gasteiger charge is -2.46. The molecule has 502 valence electrons. The van der Waals surface area contributed by atoms with Gasteiger partial charge in [0.15, 0.2) is 0 Å². The Bertz CT molecular complexity index is 6810. The Labute approximate surface area is 626 Å². The van der Waals surface area contributed by atoms with Gasteiger partial charge in [-0.3, -0.25) is 0 Å². The van der Waals surface area contributed by atoms with E-state index in [4.69, 9.17) is 0 Å². The van der Waals surface area contributed by atoms with Gasteiger partial charge in [0.1, 0.15) is 0 Å². The standard InChI is InChI=1S/C102H66BN5/c1-7-29-67(30-8-1)78-45-27-46-79(68-31-9-2-10-32-68)101(78)107-96-60-55-73(71-53-58-94-86(61-71)84-43-21-25-51-92(84)104(94)75-37-15-5-16-38-75)63-89(96)103-88-57-56-77(106-90-49-23-19-41-82(90)83-42-20-24-50-91(83)106)66-97(88)108(102-80(69-33-11-3-12-34-69)47-28-48-81(102)70-35-13-4-14-36-70)99-65-74(64-98(107)100(99)103)72-54-59-95-87(62-72)85-44-22-26-52-93(85)105(95)76-39-17-6-18-40-76/h1-66H. The number of aromatic nitrogens is 3. The van der Waals surface area contributed by atoms with Crippen molar-refractivity contribution in [1.29, 1.82) is 0 Å². The molecular weight excluding hydrogens is 1310 g/mol. The van der Waals surface area contributed by atoms with Gasteiger partial charge < -0.3 is 23.5 Å². The van der Waals surface area contributed by atoms with E-state index >= 15 is 0 Å². The van der Waals surface area contributed by atoms with E-state index in [0.29, 0.717) is 0 Å². The highest BCUT2D eigenvalue weighted by atomic mass is 15.2. The molecule has 0 amide bonds. The van der Waals surface area contributed by atoms with Crippen LogP contribution in [0.3, 0.4) is 0 Å². The van der Waals surface area contributed by atoms with Gasteiger partial charge in [-0.1, -0.05) is 297 Å². The Balaban J connectivity index is 0.899. The third-order valence-corrected chi connectivity index (χ3v) is 22.8. The molecule has 0 saturated heterocycles. The predicted molar refractivity (Wildman–Crippen MR) is 456 cm³/mol. The zero-order chi connectivity index (χ0) is 70.9. The van der Waals surface area contributed by atoms with Crippen molar-refractivity contribution in [2.75, 3.05) is 9.80 Å². The van der Waals surface area contributed by atoms with Crippen LogP contribution in [0.4, 0.5) is 34.1 Å². The summed E-state index contributed by atoms with van der Waals surface area (Å²) >= 11 is 0. The van der Waals surface area contributed by atoms with E-state index in [1.165, 1.54) is 65.3 Å². The van der Waals surface area contributed by atoms with Crippen LogP contribution in [0.15, 0.2) is 400 Å².